The molecule has 1 amide bonds. The predicted molar refractivity (Wildman–Crippen MR) is 86.1 cm³/mol. The third-order valence-electron chi connectivity index (χ3n) is 4.01. The van der Waals surface area contributed by atoms with Crippen LogP contribution in [0.4, 0.5) is 5.69 Å². The summed E-state index contributed by atoms with van der Waals surface area (Å²) in [6.45, 7) is 8.89. The maximum atomic E-state index is 12.7. The number of carbonyl (C=O) groups is 1. The number of hydrogen-bond donors (Lipinski definition) is 1. The molecular formula is C17H26N2O3. The lowest BCUT2D eigenvalue weighted by atomic mass is 9.98. The fraction of sp³-hybridized carbons (Fsp3) is 0.647. The average Bonchev–Trinajstić information content (AvgIpc) is 3.33. The minimum Gasteiger partial charge on any atom is -0.478 e. The van der Waals surface area contributed by atoms with Crippen LogP contribution in [0, 0.1) is 12.8 Å². The van der Waals surface area contributed by atoms with Crippen molar-refractivity contribution < 1.29 is 14.3 Å². The Kier molecular flexibility index (Phi) is 5.40. The van der Waals surface area contributed by atoms with E-state index in [0.29, 0.717) is 30.7 Å². The van der Waals surface area contributed by atoms with Gasteiger partial charge in [-0.15, -0.1) is 0 Å². The van der Waals surface area contributed by atoms with Crippen LogP contribution in [-0.2, 0) is 9.53 Å². The van der Waals surface area contributed by atoms with Crippen LogP contribution in [0.15, 0.2) is 12.1 Å². The van der Waals surface area contributed by atoms with Crippen LogP contribution in [0.1, 0.15) is 45.7 Å². The van der Waals surface area contributed by atoms with E-state index in [2.05, 4.69) is 10.3 Å². The van der Waals surface area contributed by atoms with E-state index in [1.807, 2.05) is 33.8 Å². The Balaban J connectivity index is 2.09. The van der Waals surface area contributed by atoms with Gasteiger partial charge in [-0.1, -0.05) is 6.92 Å². The van der Waals surface area contributed by atoms with Crippen molar-refractivity contribution in [1.82, 2.24) is 4.98 Å². The zero-order valence-corrected chi connectivity index (χ0v) is 13.9. The molecule has 0 unspecified atom stereocenters. The summed E-state index contributed by atoms with van der Waals surface area (Å²) in [5.74, 6) is 0.803. The van der Waals surface area contributed by atoms with Crippen LogP contribution >= 0.6 is 0 Å². The molecule has 2 rings (SSSR count). The molecule has 5 heteroatoms. The van der Waals surface area contributed by atoms with E-state index in [1.54, 1.807) is 6.07 Å². The smallest absolute Gasteiger partial charge is 0.256 e. The Morgan fingerprint density at radius 1 is 1.41 bits per heavy atom. The molecule has 22 heavy (non-hydrogen) atoms. The Morgan fingerprint density at radius 2 is 2.14 bits per heavy atom. The Hall–Kier alpha value is -1.62. The van der Waals surface area contributed by atoms with Crippen LogP contribution in [0.3, 0.4) is 0 Å². The maximum Gasteiger partial charge on any atom is 0.256 e. The lowest BCUT2D eigenvalue weighted by Crippen LogP contribution is -2.45. The molecule has 1 heterocycles. The number of amides is 1. The van der Waals surface area contributed by atoms with Gasteiger partial charge in [0.05, 0.1) is 18.0 Å². The first-order valence-corrected chi connectivity index (χ1v) is 8.07. The molecule has 1 aromatic heterocycles. The van der Waals surface area contributed by atoms with Gasteiger partial charge in [-0.3, -0.25) is 4.79 Å². The van der Waals surface area contributed by atoms with Gasteiger partial charge in [-0.2, -0.15) is 0 Å². The van der Waals surface area contributed by atoms with Crippen molar-refractivity contribution in [3.8, 4) is 5.88 Å². The fourth-order valence-electron chi connectivity index (χ4n) is 2.46. The van der Waals surface area contributed by atoms with E-state index in [4.69, 9.17) is 9.47 Å². The van der Waals surface area contributed by atoms with Crippen LogP contribution < -0.4 is 10.1 Å². The molecule has 1 aliphatic rings. The largest absolute Gasteiger partial charge is 0.478 e. The van der Waals surface area contributed by atoms with E-state index in [-0.39, 0.29) is 5.91 Å². The molecule has 1 fully saturated rings. The van der Waals surface area contributed by atoms with Gasteiger partial charge in [0.15, 0.2) is 0 Å². The number of rotatable bonds is 8. The van der Waals surface area contributed by atoms with Gasteiger partial charge in [0, 0.05) is 12.7 Å². The third kappa shape index (κ3) is 3.77. The minimum atomic E-state index is -0.749. The van der Waals surface area contributed by atoms with E-state index < -0.39 is 5.60 Å². The lowest BCUT2D eigenvalue weighted by Gasteiger charge is -2.29. The molecule has 0 radical (unpaired) electrons. The molecule has 0 spiro atoms. The normalized spacial score (nSPS) is 16.9. The van der Waals surface area contributed by atoms with Crippen molar-refractivity contribution in [1.29, 1.82) is 0 Å². The summed E-state index contributed by atoms with van der Waals surface area (Å²) in [6.07, 6.45) is 3.00. The van der Waals surface area contributed by atoms with Gasteiger partial charge >= 0.3 is 0 Å². The Bertz CT molecular complexity index is 529. The highest BCUT2D eigenvalue weighted by atomic mass is 16.5. The van der Waals surface area contributed by atoms with Gasteiger partial charge in [-0.25, -0.2) is 4.98 Å². The van der Waals surface area contributed by atoms with Crippen LogP contribution in [0.5, 0.6) is 5.88 Å². The molecule has 1 N–H and O–H groups in total. The second-order valence-electron chi connectivity index (χ2n) is 5.90. The SMILES string of the molecule is CCCO[C@](C)(C(=O)Nc1ccc(OCC)nc1C)C1CC1. The molecule has 1 aromatic rings. The summed E-state index contributed by atoms with van der Waals surface area (Å²) in [6, 6.07) is 3.60. The van der Waals surface area contributed by atoms with Gasteiger partial charge in [0.1, 0.15) is 5.60 Å². The zero-order valence-electron chi connectivity index (χ0n) is 13.9. The summed E-state index contributed by atoms with van der Waals surface area (Å²) < 4.78 is 11.2. The molecule has 122 valence electrons. The molecular weight excluding hydrogens is 280 g/mol. The summed E-state index contributed by atoms with van der Waals surface area (Å²) in [4.78, 5) is 17.0. The van der Waals surface area contributed by atoms with Gasteiger partial charge in [-0.05, 0) is 52.0 Å². The summed E-state index contributed by atoms with van der Waals surface area (Å²) in [5.41, 5.74) is 0.703. The molecule has 0 bridgehead atoms. The van der Waals surface area contributed by atoms with Crippen molar-refractivity contribution >= 4 is 11.6 Å². The molecule has 5 nitrogen and oxygen atoms in total. The minimum absolute atomic E-state index is 0.0856. The fourth-order valence-corrected chi connectivity index (χ4v) is 2.46. The van der Waals surface area contributed by atoms with Crippen LogP contribution in [0.2, 0.25) is 0 Å². The first kappa shape index (κ1) is 16.7. The van der Waals surface area contributed by atoms with Crippen molar-refractivity contribution in [2.45, 2.75) is 52.6 Å². The van der Waals surface area contributed by atoms with Crippen LogP contribution in [0.25, 0.3) is 0 Å². The van der Waals surface area contributed by atoms with E-state index in [9.17, 15) is 4.79 Å². The Morgan fingerprint density at radius 3 is 2.68 bits per heavy atom. The number of carbonyl (C=O) groups excluding carboxylic acids is 1. The van der Waals surface area contributed by atoms with Gasteiger partial charge < -0.3 is 14.8 Å². The van der Waals surface area contributed by atoms with Crippen LogP contribution in [-0.4, -0.2) is 29.7 Å². The quantitative estimate of drug-likeness (QED) is 0.800. The van der Waals surface area contributed by atoms with Crippen molar-refractivity contribution in [2.24, 2.45) is 5.92 Å². The third-order valence-corrected chi connectivity index (χ3v) is 4.01. The molecule has 1 aliphatic carbocycles. The van der Waals surface area contributed by atoms with E-state index in [1.165, 1.54) is 0 Å². The first-order valence-electron chi connectivity index (χ1n) is 8.07. The molecule has 0 saturated heterocycles. The molecule has 1 atom stereocenters. The highest BCUT2D eigenvalue weighted by Crippen LogP contribution is 2.42. The second-order valence-corrected chi connectivity index (χ2v) is 5.90. The topological polar surface area (TPSA) is 60.5 Å². The average molecular weight is 306 g/mol. The monoisotopic (exact) mass is 306 g/mol. The number of anilines is 1. The number of nitrogens with zero attached hydrogens (tertiary/aromatic N) is 1. The first-order chi connectivity index (χ1) is 10.5. The molecule has 0 aliphatic heterocycles. The Labute approximate surface area is 132 Å². The standard InChI is InChI=1S/C17H26N2O3/c1-5-11-22-17(4,13-7-8-13)16(20)19-14-9-10-15(21-6-2)18-12(14)3/h9-10,13H,5-8,11H2,1-4H3,(H,19,20)/t17-/m0/s1. The predicted octanol–water partition coefficient (Wildman–Crippen LogP) is 3.32. The summed E-state index contributed by atoms with van der Waals surface area (Å²) in [7, 11) is 0. The number of aryl methyl sites for hydroxylation is 1. The number of nitrogens with one attached hydrogen (secondary N) is 1. The highest BCUT2D eigenvalue weighted by molar-refractivity contribution is 5.98. The van der Waals surface area contributed by atoms with Gasteiger partial charge in [0.25, 0.3) is 5.91 Å². The summed E-state index contributed by atoms with van der Waals surface area (Å²) >= 11 is 0. The van der Waals surface area contributed by atoms with E-state index >= 15 is 0 Å². The van der Waals surface area contributed by atoms with Gasteiger partial charge in [0.2, 0.25) is 5.88 Å². The summed E-state index contributed by atoms with van der Waals surface area (Å²) in [5, 5.41) is 2.97. The maximum absolute atomic E-state index is 12.7. The van der Waals surface area contributed by atoms with Crippen molar-refractivity contribution in [2.75, 3.05) is 18.5 Å². The van der Waals surface area contributed by atoms with E-state index in [0.717, 1.165) is 25.0 Å². The van der Waals surface area contributed by atoms with Crippen molar-refractivity contribution in [3.05, 3.63) is 17.8 Å². The molecule has 1 saturated carbocycles. The number of pyridine rings is 1. The number of ether oxygens (including phenoxy) is 2. The zero-order chi connectivity index (χ0) is 16.2. The number of aromatic nitrogens is 1. The highest BCUT2D eigenvalue weighted by Gasteiger charge is 2.48. The van der Waals surface area contributed by atoms with Crippen molar-refractivity contribution in [3.63, 3.8) is 0 Å². The second kappa shape index (κ2) is 7.09. The molecule has 0 aromatic carbocycles. The lowest BCUT2D eigenvalue weighted by molar-refractivity contribution is -0.142. The number of hydrogen-bond acceptors (Lipinski definition) is 4.